The zero-order chi connectivity index (χ0) is 21.5. The van der Waals surface area contributed by atoms with Gasteiger partial charge in [0.25, 0.3) is 5.91 Å². The van der Waals surface area contributed by atoms with E-state index in [9.17, 15) is 10.1 Å². The molecule has 0 bridgehead atoms. The molecule has 7 heteroatoms. The first-order valence-electron chi connectivity index (χ1n) is 8.81. The van der Waals surface area contributed by atoms with Crippen molar-refractivity contribution in [2.75, 3.05) is 5.32 Å². The molecular formula is C23H15BrCl2N2O2. The molecule has 30 heavy (non-hydrogen) atoms. The molecular weight excluding hydrogens is 487 g/mol. The van der Waals surface area contributed by atoms with Gasteiger partial charge in [0.05, 0.1) is 0 Å². The third-order valence-corrected chi connectivity index (χ3v) is 5.16. The van der Waals surface area contributed by atoms with Gasteiger partial charge < -0.3 is 10.1 Å². The van der Waals surface area contributed by atoms with Gasteiger partial charge >= 0.3 is 0 Å². The minimum Gasteiger partial charge on any atom is -0.488 e. The molecule has 1 N–H and O–H groups in total. The number of benzene rings is 3. The van der Waals surface area contributed by atoms with Crippen molar-refractivity contribution in [2.45, 2.75) is 6.61 Å². The van der Waals surface area contributed by atoms with E-state index in [1.54, 1.807) is 42.5 Å². The molecule has 3 rings (SSSR count). The quantitative estimate of drug-likeness (QED) is 0.295. The average Bonchev–Trinajstić information content (AvgIpc) is 2.72. The topological polar surface area (TPSA) is 62.1 Å². The van der Waals surface area contributed by atoms with Crippen molar-refractivity contribution in [2.24, 2.45) is 0 Å². The molecule has 0 aliphatic carbocycles. The van der Waals surface area contributed by atoms with Crippen LogP contribution in [0, 0.1) is 11.3 Å². The summed E-state index contributed by atoms with van der Waals surface area (Å²) in [5.41, 5.74) is 1.83. The standard InChI is InChI=1S/C23H15BrCl2N2O2/c24-18-8-9-22(30-14-15-4-1-2-7-21(15)26)16(11-18)10-17(13-27)23(29)28-20-6-3-5-19(25)12-20/h1-12H,14H2,(H,28,29)/b17-10+. The smallest absolute Gasteiger partial charge is 0.266 e. The molecule has 0 atom stereocenters. The Morgan fingerprint density at radius 1 is 1.10 bits per heavy atom. The highest BCUT2D eigenvalue weighted by molar-refractivity contribution is 9.10. The van der Waals surface area contributed by atoms with Gasteiger partial charge in [0, 0.05) is 31.3 Å². The van der Waals surface area contributed by atoms with Crippen molar-refractivity contribution in [3.63, 3.8) is 0 Å². The third kappa shape index (κ3) is 5.87. The summed E-state index contributed by atoms with van der Waals surface area (Å²) in [4.78, 5) is 12.6. The number of carbonyl (C=O) groups excluding carboxylic acids is 1. The summed E-state index contributed by atoms with van der Waals surface area (Å²) >= 11 is 15.5. The number of rotatable bonds is 6. The van der Waals surface area contributed by atoms with Crippen LogP contribution < -0.4 is 10.1 Å². The highest BCUT2D eigenvalue weighted by atomic mass is 79.9. The fraction of sp³-hybridized carbons (Fsp3) is 0.0435. The fourth-order valence-corrected chi connectivity index (χ4v) is 3.36. The molecule has 0 heterocycles. The fourth-order valence-electron chi connectivity index (χ4n) is 2.60. The first-order chi connectivity index (χ1) is 14.5. The van der Waals surface area contributed by atoms with Gasteiger partial charge in [-0.15, -0.1) is 0 Å². The van der Waals surface area contributed by atoms with E-state index in [2.05, 4.69) is 21.2 Å². The van der Waals surface area contributed by atoms with E-state index in [0.29, 0.717) is 27.0 Å². The molecule has 0 aromatic heterocycles. The van der Waals surface area contributed by atoms with E-state index in [0.717, 1.165) is 10.0 Å². The molecule has 4 nitrogen and oxygen atoms in total. The van der Waals surface area contributed by atoms with Gasteiger partial charge in [-0.1, -0.05) is 63.4 Å². The number of halogens is 3. The molecule has 1 amide bonds. The molecule has 3 aromatic carbocycles. The van der Waals surface area contributed by atoms with Crippen LogP contribution >= 0.6 is 39.1 Å². The number of hydrogen-bond acceptors (Lipinski definition) is 3. The van der Waals surface area contributed by atoms with E-state index >= 15 is 0 Å². The van der Waals surface area contributed by atoms with Crippen molar-refractivity contribution >= 4 is 56.8 Å². The van der Waals surface area contributed by atoms with Crippen LogP contribution in [0.3, 0.4) is 0 Å². The molecule has 150 valence electrons. The second-order valence-corrected chi connectivity index (χ2v) is 7.96. The minimum absolute atomic E-state index is 0.0735. The van der Waals surface area contributed by atoms with Gasteiger partial charge in [-0.3, -0.25) is 4.79 Å². The lowest BCUT2D eigenvalue weighted by atomic mass is 10.1. The predicted molar refractivity (Wildman–Crippen MR) is 124 cm³/mol. The Bertz CT molecular complexity index is 1160. The van der Waals surface area contributed by atoms with Gasteiger partial charge in [-0.25, -0.2) is 0 Å². The lowest BCUT2D eigenvalue weighted by Crippen LogP contribution is -2.13. The van der Waals surface area contributed by atoms with Crippen molar-refractivity contribution in [1.29, 1.82) is 5.26 Å². The number of ether oxygens (including phenoxy) is 1. The van der Waals surface area contributed by atoms with Crippen LogP contribution in [0.15, 0.2) is 76.8 Å². The summed E-state index contributed by atoms with van der Waals surface area (Å²) in [5, 5.41) is 13.3. The number of carbonyl (C=O) groups is 1. The normalized spacial score (nSPS) is 10.9. The second-order valence-electron chi connectivity index (χ2n) is 6.20. The summed E-state index contributed by atoms with van der Waals surface area (Å²) in [6, 6.07) is 21.4. The number of nitrogens with one attached hydrogen (secondary N) is 1. The highest BCUT2D eigenvalue weighted by Crippen LogP contribution is 2.28. The largest absolute Gasteiger partial charge is 0.488 e. The van der Waals surface area contributed by atoms with Crippen LogP contribution in [0.1, 0.15) is 11.1 Å². The Labute approximate surface area is 192 Å². The average molecular weight is 502 g/mol. The van der Waals surface area contributed by atoms with E-state index in [1.165, 1.54) is 6.08 Å². The van der Waals surface area contributed by atoms with Crippen LogP contribution in [0.5, 0.6) is 5.75 Å². The predicted octanol–water partition coefficient (Wildman–Crippen LogP) is 6.88. The number of nitrogens with zero attached hydrogens (tertiary/aromatic N) is 1. The molecule has 0 aliphatic heterocycles. The van der Waals surface area contributed by atoms with Gasteiger partial charge in [-0.2, -0.15) is 5.26 Å². The maximum absolute atomic E-state index is 12.6. The first kappa shape index (κ1) is 21.9. The van der Waals surface area contributed by atoms with E-state index in [4.69, 9.17) is 27.9 Å². The zero-order valence-electron chi connectivity index (χ0n) is 15.5. The van der Waals surface area contributed by atoms with Crippen molar-refractivity contribution in [1.82, 2.24) is 0 Å². The van der Waals surface area contributed by atoms with Crippen molar-refractivity contribution in [3.05, 3.63) is 97.9 Å². The Hall–Kier alpha value is -2.78. The van der Waals surface area contributed by atoms with Crippen LogP contribution in [-0.2, 0) is 11.4 Å². The van der Waals surface area contributed by atoms with Crippen LogP contribution in [0.25, 0.3) is 6.08 Å². The summed E-state index contributed by atoms with van der Waals surface area (Å²) < 4.78 is 6.69. The summed E-state index contributed by atoms with van der Waals surface area (Å²) in [5.74, 6) is -0.0294. The van der Waals surface area contributed by atoms with E-state index < -0.39 is 5.91 Å². The summed E-state index contributed by atoms with van der Waals surface area (Å²) in [7, 11) is 0. The van der Waals surface area contributed by atoms with Gasteiger partial charge in [0.1, 0.15) is 24.0 Å². The molecule has 0 unspecified atom stereocenters. The van der Waals surface area contributed by atoms with E-state index in [1.807, 2.05) is 30.3 Å². The maximum Gasteiger partial charge on any atom is 0.266 e. The van der Waals surface area contributed by atoms with E-state index in [-0.39, 0.29) is 12.2 Å². The van der Waals surface area contributed by atoms with Gasteiger partial charge in [0.2, 0.25) is 0 Å². The first-order valence-corrected chi connectivity index (χ1v) is 10.4. The van der Waals surface area contributed by atoms with Gasteiger partial charge in [0.15, 0.2) is 0 Å². The molecule has 0 saturated heterocycles. The second kappa shape index (κ2) is 10.3. The molecule has 0 spiro atoms. The minimum atomic E-state index is -0.545. The number of anilines is 1. The Morgan fingerprint density at radius 2 is 1.90 bits per heavy atom. The Morgan fingerprint density at radius 3 is 2.63 bits per heavy atom. The summed E-state index contributed by atoms with van der Waals surface area (Å²) in [6.45, 7) is 0.249. The molecule has 0 aliphatic rings. The molecule has 0 radical (unpaired) electrons. The number of amides is 1. The van der Waals surface area contributed by atoms with Crippen molar-refractivity contribution in [3.8, 4) is 11.8 Å². The lowest BCUT2D eigenvalue weighted by molar-refractivity contribution is -0.112. The van der Waals surface area contributed by atoms with Gasteiger partial charge in [-0.05, 0) is 48.5 Å². The maximum atomic E-state index is 12.6. The number of nitriles is 1. The monoisotopic (exact) mass is 500 g/mol. The zero-order valence-corrected chi connectivity index (χ0v) is 18.6. The lowest BCUT2D eigenvalue weighted by Gasteiger charge is -2.11. The van der Waals surface area contributed by atoms with Crippen LogP contribution in [0.2, 0.25) is 10.0 Å². The highest BCUT2D eigenvalue weighted by Gasteiger charge is 2.13. The van der Waals surface area contributed by atoms with Crippen molar-refractivity contribution < 1.29 is 9.53 Å². The SMILES string of the molecule is N#C/C(=C\c1cc(Br)ccc1OCc1ccccc1Cl)C(=O)Nc1cccc(Cl)c1. The molecule has 0 saturated carbocycles. The Kier molecular flexibility index (Phi) is 7.53. The molecule has 0 fully saturated rings. The Balaban J connectivity index is 1.84. The third-order valence-electron chi connectivity index (χ3n) is 4.06. The van der Waals surface area contributed by atoms with Crippen LogP contribution in [-0.4, -0.2) is 5.91 Å². The number of hydrogen-bond donors (Lipinski definition) is 1. The van der Waals surface area contributed by atoms with Crippen LogP contribution in [0.4, 0.5) is 5.69 Å². The summed E-state index contributed by atoms with van der Waals surface area (Å²) in [6.07, 6.45) is 1.48. The molecule has 3 aromatic rings.